The van der Waals surface area contributed by atoms with Gasteiger partial charge in [-0.05, 0) is 30.2 Å². The second-order valence-electron chi connectivity index (χ2n) is 5.36. The van der Waals surface area contributed by atoms with Crippen LogP contribution in [0.15, 0.2) is 48.5 Å². The number of anilines is 1. The monoisotopic (exact) mass is 326 g/mol. The Hall–Kier alpha value is -2.82. The first-order chi connectivity index (χ1) is 11.6. The van der Waals surface area contributed by atoms with Gasteiger partial charge in [0.25, 0.3) is 0 Å². The first-order valence-corrected chi connectivity index (χ1v) is 7.89. The molecule has 5 heteroatoms. The van der Waals surface area contributed by atoms with Crippen molar-refractivity contribution in [3.63, 3.8) is 0 Å². The SMILES string of the molecule is CCc1ccc(NC(=O)CC(=O)NCc2ccccc2OC)cc1. The third kappa shape index (κ3) is 5.12. The van der Waals surface area contributed by atoms with Crippen LogP contribution in [0.2, 0.25) is 0 Å². The standard InChI is InChI=1S/C19H22N2O3/c1-3-14-8-10-16(11-9-14)21-19(23)12-18(22)20-13-15-6-4-5-7-17(15)24-2/h4-11H,3,12-13H2,1-2H3,(H,20,22)(H,21,23). The van der Waals surface area contributed by atoms with E-state index in [4.69, 9.17) is 4.74 Å². The van der Waals surface area contributed by atoms with E-state index >= 15 is 0 Å². The van der Waals surface area contributed by atoms with Gasteiger partial charge in [-0.2, -0.15) is 0 Å². The number of nitrogens with one attached hydrogen (secondary N) is 2. The lowest BCUT2D eigenvalue weighted by atomic mass is 10.1. The molecule has 24 heavy (non-hydrogen) atoms. The number of rotatable bonds is 7. The van der Waals surface area contributed by atoms with Crippen molar-refractivity contribution in [2.24, 2.45) is 0 Å². The summed E-state index contributed by atoms with van der Waals surface area (Å²) in [7, 11) is 1.58. The summed E-state index contributed by atoms with van der Waals surface area (Å²) in [6, 6.07) is 15.0. The molecule has 2 aromatic carbocycles. The lowest BCUT2D eigenvalue weighted by Crippen LogP contribution is -2.27. The lowest BCUT2D eigenvalue weighted by molar-refractivity contribution is -0.126. The number of hydrogen-bond acceptors (Lipinski definition) is 3. The molecule has 2 aromatic rings. The molecule has 2 amide bonds. The fraction of sp³-hybridized carbons (Fsp3) is 0.263. The van der Waals surface area contributed by atoms with Crippen LogP contribution >= 0.6 is 0 Å². The molecule has 0 fully saturated rings. The van der Waals surface area contributed by atoms with Crippen molar-refractivity contribution < 1.29 is 14.3 Å². The van der Waals surface area contributed by atoms with Gasteiger partial charge in [0.05, 0.1) is 7.11 Å². The minimum absolute atomic E-state index is 0.218. The predicted molar refractivity (Wildman–Crippen MR) is 93.9 cm³/mol. The van der Waals surface area contributed by atoms with Gasteiger partial charge in [0.2, 0.25) is 11.8 Å². The highest BCUT2D eigenvalue weighted by atomic mass is 16.5. The number of para-hydroxylation sites is 1. The Balaban J connectivity index is 1.81. The summed E-state index contributed by atoms with van der Waals surface area (Å²) in [6.07, 6.45) is 0.726. The molecule has 0 unspecified atom stereocenters. The molecule has 0 aliphatic heterocycles. The van der Waals surface area contributed by atoms with E-state index < -0.39 is 0 Å². The van der Waals surface area contributed by atoms with Crippen LogP contribution in [0, 0.1) is 0 Å². The highest BCUT2D eigenvalue weighted by molar-refractivity contribution is 6.03. The highest BCUT2D eigenvalue weighted by Crippen LogP contribution is 2.16. The van der Waals surface area contributed by atoms with Gasteiger partial charge in [-0.25, -0.2) is 0 Å². The van der Waals surface area contributed by atoms with Crippen molar-refractivity contribution in [2.75, 3.05) is 12.4 Å². The molecule has 0 spiro atoms. The normalized spacial score (nSPS) is 10.1. The van der Waals surface area contributed by atoms with Crippen molar-refractivity contribution in [1.82, 2.24) is 5.32 Å². The first-order valence-electron chi connectivity index (χ1n) is 7.89. The van der Waals surface area contributed by atoms with Crippen molar-refractivity contribution >= 4 is 17.5 Å². The highest BCUT2D eigenvalue weighted by Gasteiger charge is 2.10. The lowest BCUT2D eigenvalue weighted by Gasteiger charge is -2.10. The molecule has 2 N–H and O–H groups in total. The first kappa shape index (κ1) is 17.5. The molecule has 0 aliphatic rings. The van der Waals surface area contributed by atoms with Crippen molar-refractivity contribution in [3.8, 4) is 5.75 Å². The minimum Gasteiger partial charge on any atom is -0.496 e. The molecule has 0 radical (unpaired) electrons. The average molecular weight is 326 g/mol. The smallest absolute Gasteiger partial charge is 0.233 e. The van der Waals surface area contributed by atoms with E-state index in [1.54, 1.807) is 7.11 Å². The maximum absolute atomic E-state index is 11.9. The molecule has 0 aliphatic carbocycles. The molecule has 0 saturated heterocycles. The Morgan fingerprint density at radius 2 is 1.71 bits per heavy atom. The summed E-state index contributed by atoms with van der Waals surface area (Å²) in [5.74, 6) is 0.0404. The van der Waals surface area contributed by atoms with Crippen LogP contribution in [0.5, 0.6) is 5.75 Å². The molecule has 5 nitrogen and oxygen atoms in total. The van der Waals surface area contributed by atoms with Gasteiger partial charge < -0.3 is 15.4 Å². The Kier molecular flexibility index (Phi) is 6.37. The fourth-order valence-electron chi connectivity index (χ4n) is 2.28. The molecule has 0 saturated carbocycles. The van der Waals surface area contributed by atoms with Gasteiger partial charge in [0.1, 0.15) is 12.2 Å². The number of methoxy groups -OCH3 is 1. The number of carbonyl (C=O) groups excluding carboxylic acids is 2. The van der Waals surface area contributed by atoms with Gasteiger partial charge in [-0.15, -0.1) is 0 Å². The van der Waals surface area contributed by atoms with Gasteiger partial charge in [0, 0.05) is 17.8 Å². The zero-order valence-electron chi connectivity index (χ0n) is 14.0. The second-order valence-corrected chi connectivity index (χ2v) is 5.36. The zero-order valence-corrected chi connectivity index (χ0v) is 14.0. The molecular formula is C19H22N2O3. The van der Waals surface area contributed by atoms with E-state index in [9.17, 15) is 9.59 Å². The Morgan fingerprint density at radius 1 is 1.00 bits per heavy atom. The Labute approximate surface area is 142 Å². The van der Waals surface area contributed by atoms with Gasteiger partial charge in [-0.3, -0.25) is 9.59 Å². The van der Waals surface area contributed by atoms with Crippen LogP contribution in [0.3, 0.4) is 0 Å². The van der Waals surface area contributed by atoms with Crippen LogP contribution in [-0.4, -0.2) is 18.9 Å². The molecule has 2 rings (SSSR count). The molecule has 0 atom stereocenters. The predicted octanol–water partition coefficient (Wildman–Crippen LogP) is 2.90. The van der Waals surface area contributed by atoms with Gasteiger partial charge in [0.15, 0.2) is 0 Å². The van der Waals surface area contributed by atoms with E-state index in [1.807, 2.05) is 48.5 Å². The second kappa shape index (κ2) is 8.72. The topological polar surface area (TPSA) is 67.4 Å². The summed E-state index contributed by atoms with van der Waals surface area (Å²) >= 11 is 0. The summed E-state index contributed by atoms with van der Waals surface area (Å²) in [6.45, 7) is 2.39. The molecule has 126 valence electrons. The van der Waals surface area contributed by atoms with E-state index in [-0.39, 0.29) is 18.2 Å². The average Bonchev–Trinajstić information content (AvgIpc) is 2.60. The number of carbonyl (C=O) groups is 2. The molecule has 0 bridgehead atoms. The fourth-order valence-corrected chi connectivity index (χ4v) is 2.28. The quantitative estimate of drug-likeness (QED) is 0.769. The largest absolute Gasteiger partial charge is 0.496 e. The number of ether oxygens (including phenoxy) is 1. The van der Waals surface area contributed by atoms with E-state index in [0.717, 1.165) is 12.0 Å². The molecule has 0 aromatic heterocycles. The summed E-state index contributed by atoms with van der Waals surface area (Å²) in [5.41, 5.74) is 2.75. The Bertz CT molecular complexity index is 696. The number of hydrogen-bond donors (Lipinski definition) is 2. The van der Waals surface area contributed by atoms with Crippen LogP contribution < -0.4 is 15.4 Å². The van der Waals surface area contributed by atoms with E-state index in [1.165, 1.54) is 5.56 Å². The third-order valence-corrected chi connectivity index (χ3v) is 3.64. The van der Waals surface area contributed by atoms with Crippen LogP contribution in [-0.2, 0) is 22.6 Å². The van der Waals surface area contributed by atoms with E-state index in [0.29, 0.717) is 18.0 Å². The maximum Gasteiger partial charge on any atom is 0.233 e. The minimum atomic E-state index is -0.336. The number of amides is 2. The van der Waals surface area contributed by atoms with Gasteiger partial charge in [-0.1, -0.05) is 37.3 Å². The summed E-state index contributed by atoms with van der Waals surface area (Å²) in [4.78, 5) is 23.8. The summed E-state index contributed by atoms with van der Waals surface area (Å²) in [5, 5.41) is 5.45. The van der Waals surface area contributed by atoms with Crippen molar-refractivity contribution in [3.05, 3.63) is 59.7 Å². The van der Waals surface area contributed by atoms with Gasteiger partial charge >= 0.3 is 0 Å². The zero-order chi connectivity index (χ0) is 17.4. The number of benzene rings is 2. The van der Waals surface area contributed by atoms with Crippen molar-refractivity contribution in [1.29, 1.82) is 0 Å². The van der Waals surface area contributed by atoms with Crippen LogP contribution in [0.1, 0.15) is 24.5 Å². The summed E-state index contributed by atoms with van der Waals surface area (Å²) < 4.78 is 5.23. The van der Waals surface area contributed by atoms with Crippen molar-refractivity contribution in [2.45, 2.75) is 26.3 Å². The van der Waals surface area contributed by atoms with Crippen LogP contribution in [0.4, 0.5) is 5.69 Å². The molecular weight excluding hydrogens is 304 g/mol. The number of aryl methyl sites for hydroxylation is 1. The molecule has 0 heterocycles. The Morgan fingerprint density at radius 3 is 2.38 bits per heavy atom. The van der Waals surface area contributed by atoms with Crippen LogP contribution in [0.25, 0.3) is 0 Å². The maximum atomic E-state index is 11.9. The van der Waals surface area contributed by atoms with E-state index in [2.05, 4.69) is 17.6 Å². The third-order valence-electron chi connectivity index (χ3n) is 3.64.